The Morgan fingerprint density at radius 1 is 0.972 bits per heavy atom. The van der Waals surface area contributed by atoms with Crippen molar-refractivity contribution >= 4 is 5.91 Å². The van der Waals surface area contributed by atoms with Crippen molar-refractivity contribution in [1.29, 1.82) is 0 Å². The highest BCUT2D eigenvalue weighted by atomic mass is 19.4. The summed E-state index contributed by atoms with van der Waals surface area (Å²) in [6, 6.07) is 8.14. The van der Waals surface area contributed by atoms with Crippen molar-refractivity contribution in [3.05, 3.63) is 64.7 Å². The minimum absolute atomic E-state index is 0.0659. The molecule has 0 radical (unpaired) electrons. The van der Waals surface area contributed by atoms with Crippen LogP contribution in [0.1, 0.15) is 42.0 Å². The van der Waals surface area contributed by atoms with Crippen molar-refractivity contribution in [2.24, 2.45) is 0 Å². The number of carbonyl (C=O) groups excluding carboxylic acids is 1. The van der Waals surface area contributed by atoms with Crippen LogP contribution in [0.15, 0.2) is 42.5 Å². The molecule has 1 atom stereocenters. The molecule has 3 rings (SSSR count). The Morgan fingerprint density at radius 2 is 1.56 bits per heavy atom. The highest BCUT2D eigenvalue weighted by Gasteiger charge is 2.43. The van der Waals surface area contributed by atoms with Crippen LogP contribution in [0.5, 0.6) is 5.75 Å². The number of nitrogens with zero attached hydrogens (tertiary/aromatic N) is 1. The number of likely N-dealkylation sites (tertiary alicyclic amines) is 1. The van der Waals surface area contributed by atoms with Gasteiger partial charge in [0.05, 0.1) is 18.2 Å². The fourth-order valence-corrected chi connectivity index (χ4v) is 4.33. The van der Waals surface area contributed by atoms with E-state index < -0.39 is 41.1 Å². The Bertz CT molecular complexity index is 1030. The predicted molar refractivity (Wildman–Crippen MR) is 119 cm³/mol. The molecule has 1 heterocycles. The summed E-state index contributed by atoms with van der Waals surface area (Å²) in [7, 11) is 1.47. The zero-order chi connectivity index (χ0) is 26.7. The maximum atomic E-state index is 13.8. The SMILES string of the molecule is COc1cccc(C(C)(C(=O)NCCc2cc(C(F)(F)F)cc(C(F)(F)F)c2)N2CCC(F)CC2)c1. The average molecular weight is 520 g/mol. The van der Waals surface area contributed by atoms with E-state index in [0.717, 1.165) is 0 Å². The first-order chi connectivity index (χ1) is 16.7. The van der Waals surface area contributed by atoms with Crippen LogP contribution in [-0.4, -0.2) is 43.7 Å². The molecule has 1 unspecified atom stereocenters. The van der Waals surface area contributed by atoms with Gasteiger partial charge in [-0.15, -0.1) is 0 Å². The quantitative estimate of drug-likeness (QED) is 0.474. The lowest BCUT2D eigenvalue weighted by Crippen LogP contribution is -2.57. The van der Waals surface area contributed by atoms with E-state index in [1.807, 2.05) is 4.90 Å². The van der Waals surface area contributed by atoms with Crippen molar-refractivity contribution in [1.82, 2.24) is 10.2 Å². The molecule has 1 saturated heterocycles. The molecule has 1 fully saturated rings. The molecular weight excluding hydrogens is 493 g/mol. The molecule has 1 N–H and O–H groups in total. The fourth-order valence-electron chi connectivity index (χ4n) is 4.33. The van der Waals surface area contributed by atoms with Gasteiger partial charge < -0.3 is 10.1 Å². The second-order valence-electron chi connectivity index (χ2n) is 8.89. The monoisotopic (exact) mass is 520 g/mol. The number of methoxy groups -OCH3 is 1. The summed E-state index contributed by atoms with van der Waals surface area (Å²) < 4.78 is 97.9. The van der Waals surface area contributed by atoms with Gasteiger partial charge in [-0.1, -0.05) is 12.1 Å². The number of benzene rings is 2. The molecule has 1 aliphatic heterocycles. The highest BCUT2D eigenvalue weighted by molar-refractivity contribution is 5.87. The number of hydrogen-bond acceptors (Lipinski definition) is 3. The molecule has 2 aromatic carbocycles. The van der Waals surface area contributed by atoms with Crippen LogP contribution in [0.4, 0.5) is 30.7 Å². The van der Waals surface area contributed by atoms with E-state index >= 15 is 0 Å². The molecule has 0 spiro atoms. The number of amides is 1. The summed E-state index contributed by atoms with van der Waals surface area (Å²) >= 11 is 0. The number of ether oxygens (including phenoxy) is 1. The summed E-state index contributed by atoms with van der Waals surface area (Å²) in [6.45, 7) is 2.05. The second-order valence-corrected chi connectivity index (χ2v) is 8.89. The van der Waals surface area contributed by atoms with Gasteiger partial charge >= 0.3 is 12.4 Å². The van der Waals surface area contributed by atoms with Gasteiger partial charge in [-0.3, -0.25) is 9.69 Å². The minimum atomic E-state index is -4.95. The summed E-state index contributed by atoms with van der Waals surface area (Å²) in [5.41, 5.74) is -3.73. The van der Waals surface area contributed by atoms with Crippen molar-refractivity contribution < 1.29 is 40.3 Å². The Hall–Kier alpha value is -2.82. The van der Waals surface area contributed by atoms with Crippen LogP contribution in [0, 0.1) is 0 Å². The second kappa shape index (κ2) is 10.7. The Morgan fingerprint density at radius 3 is 2.08 bits per heavy atom. The molecular formula is C25H27F7N2O2. The third-order valence-corrected chi connectivity index (χ3v) is 6.48. The molecule has 36 heavy (non-hydrogen) atoms. The van der Waals surface area contributed by atoms with Crippen molar-refractivity contribution in [3.8, 4) is 5.75 Å². The number of hydrogen-bond donors (Lipinski definition) is 1. The number of carbonyl (C=O) groups is 1. The Balaban J connectivity index is 1.83. The first kappa shape index (κ1) is 27.8. The van der Waals surface area contributed by atoms with Gasteiger partial charge in [-0.05, 0) is 67.6 Å². The molecule has 0 bridgehead atoms. The standard InChI is InChI=1S/C25H27F7N2O2/c1-23(34-10-7-20(26)8-11-34,17-4-3-5-21(15-17)36-2)22(35)33-9-6-16-12-18(24(27,28)29)14-19(13-16)25(30,31)32/h3-5,12-15,20H,6-11H2,1-2H3,(H,33,35). The Labute approximate surface area is 204 Å². The number of alkyl halides is 7. The van der Waals surface area contributed by atoms with E-state index in [0.29, 0.717) is 36.5 Å². The first-order valence-corrected chi connectivity index (χ1v) is 11.4. The van der Waals surface area contributed by atoms with E-state index in [4.69, 9.17) is 4.74 Å². The topological polar surface area (TPSA) is 41.6 Å². The number of rotatable bonds is 7. The minimum Gasteiger partial charge on any atom is -0.497 e. The summed E-state index contributed by atoms with van der Waals surface area (Å²) in [6.07, 6.45) is -10.7. The molecule has 1 aliphatic rings. The van der Waals surface area contributed by atoms with Crippen LogP contribution in [-0.2, 0) is 29.1 Å². The normalized spacial score (nSPS) is 17.5. The molecule has 198 valence electrons. The van der Waals surface area contributed by atoms with Gasteiger partial charge in [0.1, 0.15) is 17.5 Å². The van der Waals surface area contributed by atoms with Gasteiger partial charge in [0.15, 0.2) is 0 Å². The maximum absolute atomic E-state index is 13.8. The fraction of sp³-hybridized carbons (Fsp3) is 0.480. The highest BCUT2D eigenvalue weighted by Crippen LogP contribution is 2.37. The third-order valence-electron chi connectivity index (χ3n) is 6.48. The zero-order valence-electron chi connectivity index (χ0n) is 19.8. The van der Waals surface area contributed by atoms with Crippen LogP contribution >= 0.6 is 0 Å². The van der Waals surface area contributed by atoms with Gasteiger partial charge in [0.2, 0.25) is 5.91 Å². The summed E-state index contributed by atoms with van der Waals surface area (Å²) in [5.74, 6) is -0.00775. The summed E-state index contributed by atoms with van der Waals surface area (Å²) in [4.78, 5) is 15.3. The smallest absolute Gasteiger partial charge is 0.416 e. The lowest BCUT2D eigenvalue weighted by atomic mass is 9.86. The van der Waals surface area contributed by atoms with Crippen LogP contribution in [0.3, 0.4) is 0 Å². The molecule has 0 aliphatic carbocycles. The molecule has 2 aromatic rings. The van der Waals surface area contributed by atoms with Crippen LogP contribution in [0.25, 0.3) is 0 Å². The molecule has 1 amide bonds. The first-order valence-electron chi connectivity index (χ1n) is 11.4. The number of halogens is 7. The van der Waals surface area contributed by atoms with E-state index in [1.54, 1.807) is 31.2 Å². The van der Waals surface area contributed by atoms with Crippen LogP contribution in [0.2, 0.25) is 0 Å². The van der Waals surface area contributed by atoms with E-state index in [9.17, 15) is 35.5 Å². The zero-order valence-corrected chi connectivity index (χ0v) is 19.8. The van der Waals surface area contributed by atoms with E-state index in [2.05, 4.69) is 5.32 Å². The lowest BCUT2D eigenvalue weighted by molar-refractivity contribution is -0.143. The lowest BCUT2D eigenvalue weighted by Gasteiger charge is -2.43. The third kappa shape index (κ3) is 6.29. The number of piperidine rings is 1. The molecule has 11 heteroatoms. The summed E-state index contributed by atoms with van der Waals surface area (Å²) in [5, 5.41) is 2.65. The van der Waals surface area contributed by atoms with Gasteiger partial charge in [-0.25, -0.2) is 4.39 Å². The molecule has 0 aromatic heterocycles. The van der Waals surface area contributed by atoms with Gasteiger partial charge in [0, 0.05) is 19.6 Å². The van der Waals surface area contributed by atoms with Crippen LogP contribution < -0.4 is 10.1 Å². The van der Waals surface area contributed by atoms with Gasteiger partial charge in [0.25, 0.3) is 0 Å². The Kier molecular flexibility index (Phi) is 8.22. The van der Waals surface area contributed by atoms with E-state index in [1.165, 1.54) is 7.11 Å². The van der Waals surface area contributed by atoms with E-state index in [-0.39, 0.29) is 37.4 Å². The number of nitrogens with one attached hydrogen (secondary N) is 1. The van der Waals surface area contributed by atoms with Gasteiger partial charge in [-0.2, -0.15) is 26.3 Å². The van der Waals surface area contributed by atoms with Crippen molar-refractivity contribution in [3.63, 3.8) is 0 Å². The average Bonchev–Trinajstić information content (AvgIpc) is 2.82. The van der Waals surface area contributed by atoms with Crippen molar-refractivity contribution in [2.75, 3.05) is 26.7 Å². The maximum Gasteiger partial charge on any atom is 0.416 e. The van der Waals surface area contributed by atoms with Crippen molar-refractivity contribution in [2.45, 2.75) is 50.2 Å². The largest absolute Gasteiger partial charge is 0.497 e. The molecule has 4 nitrogen and oxygen atoms in total. The molecule has 0 saturated carbocycles. The predicted octanol–water partition coefficient (Wildman–Crippen LogP) is 5.74.